The summed E-state index contributed by atoms with van der Waals surface area (Å²) in [7, 11) is 1.71. The van der Waals surface area contributed by atoms with E-state index in [0.29, 0.717) is 16.6 Å². The van der Waals surface area contributed by atoms with Crippen molar-refractivity contribution in [3.63, 3.8) is 0 Å². The number of carbonyl (C=O) groups is 2. The summed E-state index contributed by atoms with van der Waals surface area (Å²) in [6, 6.07) is 7.12. The van der Waals surface area contributed by atoms with Gasteiger partial charge < -0.3 is 15.6 Å². The summed E-state index contributed by atoms with van der Waals surface area (Å²) in [5, 5.41) is 10.0. The number of rotatable bonds is 6. The fourth-order valence-corrected chi connectivity index (χ4v) is 2.80. The van der Waals surface area contributed by atoms with Crippen molar-refractivity contribution < 1.29 is 9.59 Å². The number of nitrogens with one attached hydrogen (secondary N) is 3. The fourth-order valence-electron chi connectivity index (χ4n) is 2.80. The van der Waals surface area contributed by atoms with Gasteiger partial charge in [-0.3, -0.25) is 19.1 Å². The zero-order chi connectivity index (χ0) is 20.3. The lowest BCUT2D eigenvalue weighted by atomic mass is 10.1. The van der Waals surface area contributed by atoms with Crippen LogP contribution < -0.4 is 16.1 Å². The molecule has 0 bridgehead atoms. The Labute approximate surface area is 162 Å². The second-order valence-electron chi connectivity index (χ2n) is 6.73. The van der Waals surface area contributed by atoms with Crippen molar-refractivity contribution in [2.24, 2.45) is 7.05 Å². The van der Waals surface area contributed by atoms with Crippen LogP contribution in [0.15, 0.2) is 41.5 Å². The van der Waals surface area contributed by atoms with Crippen LogP contribution in [0.4, 0.5) is 0 Å². The highest BCUT2D eigenvalue weighted by Gasteiger charge is 2.15. The minimum absolute atomic E-state index is 0.0196. The first-order valence-electron chi connectivity index (χ1n) is 9.12. The number of aryl methyl sites for hydroxylation is 1. The first kappa shape index (κ1) is 19.3. The van der Waals surface area contributed by atoms with E-state index in [4.69, 9.17) is 0 Å². The molecule has 0 saturated heterocycles. The van der Waals surface area contributed by atoms with Gasteiger partial charge in [0.2, 0.25) is 5.43 Å². The van der Waals surface area contributed by atoms with Crippen molar-refractivity contribution in [3.05, 3.63) is 63.6 Å². The summed E-state index contributed by atoms with van der Waals surface area (Å²) in [6.07, 6.45) is 3.67. The van der Waals surface area contributed by atoms with Crippen LogP contribution in [0.25, 0.3) is 11.0 Å². The van der Waals surface area contributed by atoms with Crippen LogP contribution in [0.3, 0.4) is 0 Å². The number of aromatic amines is 1. The number of aromatic nitrogens is 3. The smallest absolute Gasteiger partial charge is 0.257 e. The zero-order valence-electron chi connectivity index (χ0n) is 16.1. The van der Waals surface area contributed by atoms with E-state index in [9.17, 15) is 14.4 Å². The fraction of sp³-hybridized carbons (Fsp3) is 0.300. The zero-order valence-corrected chi connectivity index (χ0v) is 16.1. The quantitative estimate of drug-likeness (QED) is 0.604. The highest BCUT2D eigenvalue weighted by molar-refractivity contribution is 5.97. The number of hydrogen-bond donors (Lipinski definition) is 3. The van der Waals surface area contributed by atoms with Crippen molar-refractivity contribution in [3.8, 4) is 0 Å². The van der Waals surface area contributed by atoms with Gasteiger partial charge in [0, 0.05) is 31.4 Å². The van der Waals surface area contributed by atoms with Crippen molar-refractivity contribution in [2.75, 3.05) is 0 Å². The Morgan fingerprint density at radius 2 is 2.07 bits per heavy atom. The molecule has 3 rings (SSSR count). The van der Waals surface area contributed by atoms with Gasteiger partial charge >= 0.3 is 0 Å². The number of fused-ring (bicyclic) bond motifs is 1. The highest BCUT2D eigenvalue weighted by Crippen LogP contribution is 2.08. The number of benzene rings is 1. The molecule has 0 saturated carbocycles. The molecular weight excluding hydrogens is 358 g/mol. The monoisotopic (exact) mass is 381 g/mol. The van der Waals surface area contributed by atoms with Crippen molar-refractivity contribution in [2.45, 2.75) is 32.9 Å². The third kappa shape index (κ3) is 3.95. The predicted molar refractivity (Wildman–Crippen MR) is 106 cm³/mol. The Hall–Kier alpha value is -3.42. The van der Waals surface area contributed by atoms with Crippen LogP contribution in [-0.4, -0.2) is 32.6 Å². The maximum absolute atomic E-state index is 12.5. The molecule has 8 heteroatoms. The molecule has 146 valence electrons. The Morgan fingerprint density at radius 1 is 1.29 bits per heavy atom. The Kier molecular flexibility index (Phi) is 5.58. The van der Waals surface area contributed by atoms with E-state index in [-0.39, 0.29) is 29.5 Å². The molecule has 28 heavy (non-hydrogen) atoms. The summed E-state index contributed by atoms with van der Waals surface area (Å²) in [5.41, 5.74) is 1.50. The number of H-pyrrole nitrogens is 1. The highest BCUT2D eigenvalue weighted by atomic mass is 16.2. The van der Waals surface area contributed by atoms with Crippen LogP contribution in [0.2, 0.25) is 0 Å². The van der Waals surface area contributed by atoms with E-state index in [1.165, 1.54) is 17.1 Å². The van der Waals surface area contributed by atoms with Gasteiger partial charge in [-0.15, -0.1) is 0 Å². The minimum Gasteiger partial charge on any atom is -0.350 e. The van der Waals surface area contributed by atoms with Crippen molar-refractivity contribution >= 4 is 22.8 Å². The molecule has 0 fully saturated rings. The van der Waals surface area contributed by atoms with Gasteiger partial charge in [0.1, 0.15) is 11.2 Å². The maximum atomic E-state index is 12.5. The van der Waals surface area contributed by atoms with Gasteiger partial charge in [0.15, 0.2) is 0 Å². The molecule has 2 heterocycles. The first-order chi connectivity index (χ1) is 13.4. The van der Waals surface area contributed by atoms with Crippen LogP contribution in [-0.2, 0) is 13.6 Å². The summed E-state index contributed by atoms with van der Waals surface area (Å²) in [6.45, 7) is 4.15. The lowest BCUT2D eigenvalue weighted by Crippen LogP contribution is -2.32. The molecule has 0 radical (unpaired) electrons. The van der Waals surface area contributed by atoms with E-state index in [1.807, 2.05) is 19.9 Å². The lowest BCUT2D eigenvalue weighted by Gasteiger charge is -2.12. The molecule has 0 aliphatic rings. The van der Waals surface area contributed by atoms with Crippen LogP contribution in [0.5, 0.6) is 0 Å². The molecule has 2 aromatic heterocycles. The van der Waals surface area contributed by atoms with Gasteiger partial charge in [-0.2, -0.15) is 5.10 Å². The van der Waals surface area contributed by atoms with E-state index < -0.39 is 5.91 Å². The summed E-state index contributed by atoms with van der Waals surface area (Å²) in [5.74, 6) is -0.637. The third-order valence-corrected chi connectivity index (χ3v) is 4.66. The average Bonchev–Trinajstić information content (AvgIpc) is 3.08. The van der Waals surface area contributed by atoms with Gasteiger partial charge in [-0.1, -0.05) is 19.1 Å². The Balaban J connectivity index is 1.71. The molecule has 8 nitrogen and oxygen atoms in total. The van der Waals surface area contributed by atoms with E-state index in [2.05, 4.69) is 20.7 Å². The predicted octanol–water partition coefficient (Wildman–Crippen LogP) is 1.72. The maximum Gasteiger partial charge on any atom is 0.257 e. The average molecular weight is 381 g/mol. The van der Waals surface area contributed by atoms with E-state index in [1.54, 1.807) is 25.2 Å². The number of carbonyl (C=O) groups excluding carboxylic acids is 2. The lowest BCUT2D eigenvalue weighted by molar-refractivity contribution is 0.0936. The van der Waals surface area contributed by atoms with Gasteiger partial charge in [0.05, 0.1) is 11.6 Å². The van der Waals surface area contributed by atoms with Crippen LogP contribution in [0, 0.1) is 0 Å². The first-order valence-corrected chi connectivity index (χ1v) is 9.12. The topological polar surface area (TPSA) is 109 Å². The molecular formula is C20H23N5O3. The van der Waals surface area contributed by atoms with Gasteiger partial charge in [0.25, 0.3) is 11.8 Å². The largest absolute Gasteiger partial charge is 0.350 e. The SMILES string of the molecule is CCC(C)NC(=O)c1cccc(CNC(=O)c2c[nH]c3c(cnn3C)c2=O)c1. The van der Waals surface area contributed by atoms with E-state index >= 15 is 0 Å². The van der Waals surface area contributed by atoms with Crippen LogP contribution in [0.1, 0.15) is 46.5 Å². The van der Waals surface area contributed by atoms with E-state index in [0.717, 1.165) is 12.0 Å². The molecule has 1 unspecified atom stereocenters. The van der Waals surface area contributed by atoms with Gasteiger partial charge in [-0.25, -0.2) is 0 Å². The van der Waals surface area contributed by atoms with Crippen LogP contribution >= 0.6 is 0 Å². The molecule has 3 aromatic rings. The number of pyridine rings is 1. The number of hydrogen-bond acceptors (Lipinski definition) is 4. The summed E-state index contributed by atoms with van der Waals surface area (Å²) in [4.78, 5) is 40.1. The molecule has 1 aromatic carbocycles. The van der Waals surface area contributed by atoms with Gasteiger partial charge in [-0.05, 0) is 31.0 Å². The van der Waals surface area contributed by atoms with Crippen molar-refractivity contribution in [1.82, 2.24) is 25.4 Å². The Morgan fingerprint density at radius 3 is 2.82 bits per heavy atom. The summed E-state index contributed by atoms with van der Waals surface area (Å²) < 4.78 is 1.54. The third-order valence-electron chi connectivity index (χ3n) is 4.66. The standard InChI is InChI=1S/C20H23N5O3/c1-4-12(2)24-19(27)14-7-5-6-13(8-14)9-22-20(28)16-10-21-18-15(17(16)26)11-23-25(18)3/h5-8,10-12H,4,9H2,1-3H3,(H,21,26)(H,22,28)(H,24,27). The Bertz CT molecular complexity index is 1080. The molecule has 0 aliphatic carbocycles. The number of nitrogens with zero attached hydrogens (tertiary/aromatic N) is 2. The molecule has 3 N–H and O–H groups in total. The molecule has 0 spiro atoms. The molecule has 2 amide bonds. The molecule has 1 atom stereocenters. The molecule has 0 aliphatic heterocycles. The number of amides is 2. The second kappa shape index (κ2) is 8.08. The minimum atomic E-state index is -0.485. The normalized spacial score (nSPS) is 12.0. The summed E-state index contributed by atoms with van der Waals surface area (Å²) >= 11 is 0. The second-order valence-corrected chi connectivity index (χ2v) is 6.73. The van der Waals surface area contributed by atoms with Crippen molar-refractivity contribution in [1.29, 1.82) is 0 Å².